The van der Waals surface area contributed by atoms with Gasteiger partial charge in [0, 0.05) is 28.6 Å². The number of hydrogen-bond acceptors (Lipinski definition) is 5. The first-order valence-corrected chi connectivity index (χ1v) is 11.4. The summed E-state index contributed by atoms with van der Waals surface area (Å²) in [7, 11) is 0. The molecule has 0 amide bonds. The molecule has 5 aromatic rings. The highest BCUT2D eigenvalue weighted by atomic mass is 16.5. The van der Waals surface area contributed by atoms with Crippen molar-refractivity contribution in [3.05, 3.63) is 84.2 Å². The Labute approximate surface area is 202 Å². The van der Waals surface area contributed by atoms with Gasteiger partial charge < -0.3 is 14.9 Å². The van der Waals surface area contributed by atoms with Crippen LogP contribution in [0.2, 0.25) is 0 Å². The van der Waals surface area contributed by atoms with Crippen LogP contribution < -0.4 is 4.74 Å². The van der Waals surface area contributed by atoms with Crippen molar-refractivity contribution in [3.63, 3.8) is 0 Å². The molecular weight excluding hydrogens is 442 g/mol. The minimum absolute atomic E-state index is 0.00664. The summed E-state index contributed by atoms with van der Waals surface area (Å²) in [6.07, 6.45) is 1.48. The molecule has 0 aliphatic rings. The minimum Gasteiger partial charge on any atom is -0.493 e. The van der Waals surface area contributed by atoms with Crippen LogP contribution in [0.4, 0.5) is 0 Å². The Hall–Kier alpha value is -4.39. The van der Waals surface area contributed by atoms with Gasteiger partial charge in [-0.2, -0.15) is 5.10 Å². The lowest BCUT2D eigenvalue weighted by Gasteiger charge is -2.09. The van der Waals surface area contributed by atoms with E-state index in [9.17, 15) is 15.0 Å². The third-order valence-electron chi connectivity index (χ3n) is 6.03. The van der Waals surface area contributed by atoms with Crippen molar-refractivity contribution in [1.29, 1.82) is 0 Å². The lowest BCUT2D eigenvalue weighted by molar-refractivity contribution is -0.136. The smallest absolute Gasteiger partial charge is 0.307 e. The fourth-order valence-electron chi connectivity index (χ4n) is 4.32. The molecule has 176 valence electrons. The van der Waals surface area contributed by atoms with Crippen molar-refractivity contribution in [1.82, 2.24) is 14.8 Å². The number of para-hydroxylation sites is 1. The first-order chi connectivity index (χ1) is 16.9. The number of hydrogen-bond donors (Lipinski definition) is 2. The fraction of sp³-hybridized carbons (Fsp3) is 0.179. The molecule has 0 spiro atoms. The zero-order valence-corrected chi connectivity index (χ0v) is 19.5. The second-order valence-corrected chi connectivity index (χ2v) is 8.75. The normalized spacial score (nSPS) is 11.4. The van der Waals surface area contributed by atoms with E-state index in [1.807, 2.05) is 47.1 Å². The summed E-state index contributed by atoms with van der Waals surface area (Å²) in [6, 6.07) is 21.3. The summed E-state index contributed by atoms with van der Waals surface area (Å²) < 4.78 is 8.03. The van der Waals surface area contributed by atoms with Crippen molar-refractivity contribution < 1.29 is 19.7 Å². The maximum atomic E-state index is 11.2. The molecule has 0 bridgehead atoms. The van der Waals surface area contributed by atoms with Crippen LogP contribution in [0.15, 0.2) is 72.9 Å². The molecule has 0 radical (unpaired) electrons. The predicted molar refractivity (Wildman–Crippen MR) is 135 cm³/mol. The molecule has 2 aromatic heterocycles. The number of aliphatic carboxylic acids is 1. The Morgan fingerprint density at radius 3 is 2.51 bits per heavy atom. The number of carboxylic acids is 1. The van der Waals surface area contributed by atoms with E-state index >= 15 is 0 Å². The van der Waals surface area contributed by atoms with Crippen LogP contribution in [0.1, 0.15) is 31.1 Å². The zero-order chi connectivity index (χ0) is 24.5. The summed E-state index contributed by atoms with van der Waals surface area (Å²) in [5.74, 6) is -0.361. The average Bonchev–Trinajstić information content (AvgIpc) is 3.21. The summed E-state index contributed by atoms with van der Waals surface area (Å²) in [5.41, 5.74) is 4.33. The highest BCUT2D eigenvalue weighted by Crippen LogP contribution is 2.32. The van der Waals surface area contributed by atoms with Gasteiger partial charge in [-0.3, -0.25) is 9.48 Å². The monoisotopic (exact) mass is 467 g/mol. The van der Waals surface area contributed by atoms with Crippen LogP contribution in [0.5, 0.6) is 11.6 Å². The summed E-state index contributed by atoms with van der Waals surface area (Å²) in [5, 5.41) is 26.8. The van der Waals surface area contributed by atoms with Crippen LogP contribution in [-0.2, 0) is 17.8 Å². The Bertz CT molecular complexity index is 1560. The molecule has 0 saturated heterocycles. The molecule has 0 atom stereocenters. The molecule has 7 heteroatoms. The van der Waals surface area contributed by atoms with Crippen LogP contribution >= 0.6 is 0 Å². The Morgan fingerprint density at radius 2 is 1.74 bits per heavy atom. The maximum Gasteiger partial charge on any atom is 0.307 e. The number of carboxylic acid groups (broad SMARTS) is 1. The van der Waals surface area contributed by atoms with E-state index in [1.54, 1.807) is 24.4 Å². The number of aromatic hydroxyl groups is 1. The van der Waals surface area contributed by atoms with Gasteiger partial charge in [-0.05, 0) is 60.7 Å². The van der Waals surface area contributed by atoms with Crippen molar-refractivity contribution in [3.8, 4) is 22.8 Å². The number of fused-ring (bicyclic) bond motifs is 2. The summed E-state index contributed by atoms with van der Waals surface area (Å²) in [6.45, 7) is 4.36. The predicted octanol–water partition coefficient (Wildman–Crippen LogP) is 5.74. The van der Waals surface area contributed by atoms with Crippen molar-refractivity contribution in [2.75, 3.05) is 0 Å². The number of ether oxygens (including phenoxy) is 1. The van der Waals surface area contributed by atoms with Gasteiger partial charge in [-0.1, -0.05) is 36.4 Å². The first kappa shape index (κ1) is 22.4. The number of rotatable bonds is 7. The quantitative estimate of drug-likeness (QED) is 0.317. The van der Waals surface area contributed by atoms with E-state index in [1.165, 1.54) is 0 Å². The Balaban J connectivity index is 1.54. The first-order valence-electron chi connectivity index (χ1n) is 11.4. The van der Waals surface area contributed by atoms with Gasteiger partial charge in [-0.25, -0.2) is 4.98 Å². The van der Waals surface area contributed by atoms with Gasteiger partial charge >= 0.3 is 5.97 Å². The number of aromatic nitrogens is 3. The Kier molecular flexibility index (Phi) is 5.82. The van der Waals surface area contributed by atoms with Crippen LogP contribution in [0, 0.1) is 0 Å². The standard InChI is InChI=1S/C28H25N3O4/c1-17(2)31-25-10-9-20(19-8-7-18-11-12-29-28(34)22(18)13-19)14-23(25)24(30-31)16-35-26-6-4-3-5-21(26)15-27(32)33/h3-14,17H,15-16H2,1-2H3,(H,29,34)(H,32,33). The van der Waals surface area contributed by atoms with Gasteiger partial charge in [0.1, 0.15) is 18.1 Å². The molecule has 2 N–H and O–H groups in total. The van der Waals surface area contributed by atoms with Gasteiger partial charge in [0.25, 0.3) is 0 Å². The van der Waals surface area contributed by atoms with E-state index in [0.29, 0.717) is 16.7 Å². The third kappa shape index (κ3) is 4.40. The molecular formula is C28H25N3O4. The molecule has 5 rings (SSSR count). The summed E-state index contributed by atoms with van der Waals surface area (Å²) in [4.78, 5) is 15.2. The molecule has 3 aromatic carbocycles. The molecule has 0 aliphatic heterocycles. The minimum atomic E-state index is -0.906. The second kappa shape index (κ2) is 9.10. The van der Waals surface area contributed by atoms with Crippen molar-refractivity contribution in [2.24, 2.45) is 0 Å². The van der Waals surface area contributed by atoms with E-state index in [2.05, 4.69) is 24.9 Å². The van der Waals surface area contributed by atoms with Gasteiger partial charge in [0.2, 0.25) is 5.88 Å². The van der Waals surface area contributed by atoms with Crippen molar-refractivity contribution in [2.45, 2.75) is 32.9 Å². The van der Waals surface area contributed by atoms with E-state index in [-0.39, 0.29) is 24.9 Å². The molecule has 0 fully saturated rings. The maximum absolute atomic E-state index is 11.2. The SMILES string of the molecule is CC(C)n1nc(COc2ccccc2CC(=O)O)c2cc(-c3ccc4ccnc(O)c4c3)ccc21. The van der Waals surface area contributed by atoms with Gasteiger partial charge in [0.15, 0.2) is 0 Å². The number of benzene rings is 3. The van der Waals surface area contributed by atoms with Crippen LogP contribution in [-0.4, -0.2) is 30.9 Å². The van der Waals surface area contributed by atoms with E-state index in [4.69, 9.17) is 9.84 Å². The number of nitrogens with zero attached hydrogens (tertiary/aromatic N) is 3. The van der Waals surface area contributed by atoms with Gasteiger partial charge in [0.05, 0.1) is 11.9 Å². The number of pyridine rings is 1. The second-order valence-electron chi connectivity index (χ2n) is 8.75. The molecule has 0 unspecified atom stereocenters. The van der Waals surface area contributed by atoms with Crippen LogP contribution in [0.25, 0.3) is 32.8 Å². The molecule has 2 heterocycles. The number of carbonyl (C=O) groups is 1. The largest absolute Gasteiger partial charge is 0.493 e. The summed E-state index contributed by atoms with van der Waals surface area (Å²) >= 11 is 0. The van der Waals surface area contributed by atoms with E-state index in [0.717, 1.165) is 33.1 Å². The molecule has 0 saturated carbocycles. The molecule has 7 nitrogen and oxygen atoms in total. The topological polar surface area (TPSA) is 97.5 Å². The van der Waals surface area contributed by atoms with E-state index < -0.39 is 5.97 Å². The van der Waals surface area contributed by atoms with Gasteiger partial charge in [-0.15, -0.1) is 0 Å². The molecule has 0 aliphatic carbocycles. The average molecular weight is 468 g/mol. The third-order valence-corrected chi connectivity index (χ3v) is 6.03. The van der Waals surface area contributed by atoms with Crippen molar-refractivity contribution >= 4 is 27.6 Å². The zero-order valence-electron chi connectivity index (χ0n) is 19.5. The fourth-order valence-corrected chi connectivity index (χ4v) is 4.32. The molecule has 35 heavy (non-hydrogen) atoms. The lowest BCUT2D eigenvalue weighted by Crippen LogP contribution is -2.06. The highest BCUT2D eigenvalue weighted by Gasteiger charge is 2.16. The highest BCUT2D eigenvalue weighted by molar-refractivity contribution is 5.93. The van der Waals surface area contributed by atoms with Crippen LogP contribution in [0.3, 0.4) is 0 Å². The Morgan fingerprint density at radius 1 is 1.00 bits per heavy atom. The lowest BCUT2D eigenvalue weighted by atomic mass is 10.0.